The Morgan fingerprint density at radius 2 is 1.94 bits per heavy atom. The number of benzene rings is 1. The van der Waals surface area contributed by atoms with Crippen molar-refractivity contribution in [3.63, 3.8) is 0 Å². The fourth-order valence-electron chi connectivity index (χ4n) is 1.51. The van der Waals surface area contributed by atoms with Crippen molar-refractivity contribution in [1.82, 2.24) is 5.32 Å². The molecule has 4 nitrogen and oxygen atoms in total. The number of ether oxygens (including phenoxy) is 2. The molecule has 0 radical (unpaired) electrons. The highest BCUT2D eigenvalue weighted by molar-refractivity contribution is 5.94. The SMILES string of the molecule is CCCOc1ccc(C(=O)NCC)cc1OCC. The van der Waals surface area contributed by atoms with Gasteiger partial charge in [0.05, 0.1) is 13.2 Å². The van der Waals surface area contributed by atoms with Gasteiger partial charge in [-0.15, -0.1) is 0 Å². The average molecular weight is 251 g/mol. The summed E-state index contributed by atoms with van der Waals surface area (Å²) in [5.41, 5.74) is 0.587. The molecular weight excluding hydrogens is 230 g/mol. The summed E-state index contributed by atoms with van der Waals surface area (Å²) in [5, 5.41) is 2.76. The molecule has 1 amide bonds. The van der Waals surface area contributed by atoms with Gasteiger partial charge in [-0.1, -0.05) is 6.92 Å². The standard InChI is InChI=1S/C14H21NO3/c1-4-9-18-12-8-7-11(14(16)15-5-2)10-13(12)17-6-3/h7-8,10H,4-6,9H2,1-3H3,(H,15,16). The zero-order valence-electron chi connectivity index (χ0n) is 11.3. The Kier molecular flexibility index (Phi) is 6.05. The van der Waals surface area contributed by atoms with Gasteiger partial charge in [0.2, 0.25) is 0 Å². The lowest BCUT2D eigenvalue weighted by atomic mass is 10.2. The first-order valence-corrected chi connectivity index (χ1v) is 6.40. The van der Waals surface area contributed by atoms with Crippen molar-refractivity contribution in [2.75, 3.05) is 19.8 Å². The molecule has 0 aromatic heterocycles. The first-order valence-electron chi connectivity index (χ1n) is 6.40. The zero-order valence-corrected chi connectivity index (χ0v) is 11.3. The molecule has 0 fully saturated rings. The second-order valence-corrected chi connectivity index (χ2v) is 3.80. The number of nitrogens with one attached hydrogen (secondary N) is 1. The van der Waals surface area contributed by atoms with E-state index in [1.54, 1.807) is 18.2 Å². The van der Waals surface area contributed by atoms with Crippen LogP contribution < -0.4 is 14.8 Å². The molecule has 1 aromatic rings. The van der Waals surface area contributed by atoms with Crippen molar-refractivity contribution in [2.24, 2.45) is 0 Å². The number of hydrogen-bond acceptors (Lipinski definition) is 3. The lowest BCUT2D eigenvalue weighted by molar-refractivity contribution is 0.0955. The van der Waals surface area contributed by atoms with Crippen molar-refractivity contribution in [1.29, 1.82) is 0 Å². The van der Waals surface area contributed by atoms with Gasteiger partial charge in [0.1, 0.15) is 0 Å². The summed E-state index contributed by atoms with van der Waals surface area (Å²) in [6.45, 7) is 7.63. The number of hydrogen-bond donors (Lipinski definition) is 1. The van der Waals surface area contributed by atoms with Gasteiger partial charge in [-0.05, 0) is 38.5 Å². The van der Waals surface area contributed by atoms with Crippen LogP contribution in [0.25, 0.3) is 0 Å². The van der Waals surface area contributed by atoms with Crippen molar-refractivity contribution < 1.29 is 14.3 Å². The molecule has 0 aliphatic rings. The molecule has 18 heavy (non-hydrogen) atoms. The Bertz CT molecular complexity index is 391. The Hall–Kier alpha value is -1.71. The van der Waals surface area contributed by atoms with Crippen LogP contribution in [0.2, 0.25) is 0 Å². The van der Waals surface area contributed by atoms with E-state index in [-0.39, 0.29) is 5.91 Å². The predicted octanol–water partition coefficient (Wildman–Crippen LogP) is 2.62. The van der Waals surface area contributed by atoms with E-state index in [2.05, 4.69) is 5.32 Å². The Morgan fingerprint density at radius 3 is 2.56 bits per heavy atom. The highest BCUT2D eigenvalue weighted by Gasteiger charge is 2.10. The molecule has 1 aromatic carbocycles. The van der Waals surface area contributed by atoms with Crippen LogP contribution in [0.4, 0.5) is 0 Å². The fraction of sp³-hybridized carbons (Fsp3) is 0.500. The van der Waals surface area contributed by atoms with Crippen LogP contribution in [-0.2, 0) is 0 Å². The highest BCUT2D eigenvalue weighted by atomic mass is 16.5. The molecule has 0 atom stereocenters. The molecule has 0 bridgehead atoms. The van der Waals surface area contributed by atoms with E-state index in [0.717, 1.165) is 6.42 Å². The van der Waals surface area contributed by atoms with E-state index in [4.69, 9.17) is 9.47 Å². The minimum atomic E-state index is -0.0968. The third-order valence-electron chi connectivity index (χ3n) is 2.30. The van der Waals surface area contributed by atoms with Crippen molar-refractivity contribution in [3.05, 3.63) is 23.8 Å². The Morgan fingerprint density at radius 1 is 1.17 bits per heavy atom. The Balaban J connectivity index is 2.91. The van der Waals surface area contributed by atoms with Gasteiger partial charge in [-0.2, -0.15) is 0 Å². The maximum atomic E-state index is 11.7. The summed E-state index contributed by atoms with van der Waals surface area (Å²) in [5.74, 6) is 1.21. The van der Waals surface area contributed by atoms with Gasteiger partial charge in [-0.25, -0.2) is 0 Å². The minimum absolute atomic E-state index is 0.0968. The summed E-state index contributed by atoms with van der Waals surface area (Å²) in [7, 11) is 0. The maximum absolute atomic E-state index is 11.7. The fourth-order valence-corrected chi connectivity index (χ4v) is 1.51. The molecule has 100 valence electrons. The van der Waals surface area contributed by atoms with Crippen molar-refractivity contribution in [2.45, 2.75) is 27.2 Å². The number of carbonyl (C=O) groups is 1. The summed E-state index contributed by atoms with van der Waals surface area (Å²) in [6.07, 6.45) is 0.934. The van der Waals surface area contributed by atoms with Gasteiger partial charge in [0.15, 0.2) is 11.5 Å². The number of amides is 1. The van der Waals surface area contributed by atoms with Gasteiger partial charge in [-0.3, -0.25) is 4.79 Å². The molecular formula is C14H21NO3. The monoisotopic (exact) mass is 251 g/mol. The van der Waals surface area contributed by atoms with Gasteiger partial charge < -0.3 is 14.8 Å². The van der Waals surface area contributed by atoms with Crippen LogP contribution in [0.15, 0.2) is 18.2 Å². The minimum Gasteiger partial charge on any atom is -0.490 e. The second-order valence-electron chi connectivity index (χ2n) is 3.80. The molecule has 1 N–H and O–H groups in total. The van der Waals surface area contributed by atoms with E-state index in [0.29, 0.717) is 36.8 Å². The van der Waals surface area contributed by atoms with E-state index < -0.39 is 0 Å². The first-order chi connectivity index (χ1) is 8.72. The van der Waals surface area contributed by atoms with E-state index in [1.165, 1.54) is 0 Å². The zero-order chi connectivity index (χ0) is 13.4. The summed E-state index contributed by atoms with van der Waals surface area (Å²) in [4.78, 5) is 11.7. The van der Waals surface area contributed by atoms with E-state index >= 15 is 0 Å². The average Bonchev–Trinajstić information content (AvgIpc) is 2.38. The molecule has 0 saturated heterocycles. The first kappa shape index (κ1) is 14.4. The third-order valence-corrected chi connectivity index (χ3v) is 2.30. The molecule has 0 aliphatic heterocycles. The summed E-state index contributed by atoms with van der Waals surface area (Å²) in [6, 6.07) is 5.25. The van der Waals surface area contributed by atoms with Crippen LogP contribution in [0, 0.1) is 0 Å². The summed E-state index contributed by atoms with van der Waals surface area (Å²) < 4.78 is 11.1. The van der Waals surface area contributed by atoms with Crippen LogP contribution in [0.1, 0.15) is 37.6 Å². The lowest BCUT2D eigenvalue weighted by Crippen LogP contribution is -2.22. The van der Waals surface area contributed by atoms with Gasteiger partial charge in [0, 0.05) is 12.1 Å². The molecule has 0 heterocycles. The highest BCUT2D eigenvalue weighted by Crippen LogP contribution is 2.28. The Labute approximate surface area is 108 Å². The molecule has 0 unspecified atom stereocenters. The van der Waals surface area contributed by atoms with Crippen molar-refractivity contribution >= 4 is 5.91 Å². The normalized spacial score (nSPS) is 9.94. The number of rotatable bonds is 7. The summed E-state index contributed by atoms with van der Waals surface area (Å²) >= 11 is 0. The predicted molar refractivity (Wildman–Crippen MR) is 71.4 cm³/mol. The van der Waals surface area contributed by atoms with Crippen LogP contribution in [0.3, 0.4) is 0 Å². The van der Waals surface area contributed by atoms with Gasteiger partial charge in [0.25, 0.3) is 5.91 Å². The second kappa shape index (κ2) is 7.58. The lowest BCUT2D eigenvalue weighted by Gasteiger charge is -2.12. The third kappa shape index (κ3) is 3.95. The van der Waals surface area contributed by atoms with Crippen molar-refractivity contribution in [3.8, 4) is 11.5 Å². The smallest absolute Gasteiger partial charge is 0.251 e. The molecule has 0 saturated carbocycles. The number of carbonyl (C=O) groups excluding carboxylic acids is 1. The van der Waals surface area contributed by atoms with E-state index in [9.17, 15) is 4.79 Å². The van der Waals surface area contributed by atoms with Crippen LogP contribution in [-0.4, -0.2) is 25.7 Å². The van der Waals surface area contributed by atoms with Crippen LogP contribution >= 0.6 is 0 Å². The van der Waals surface area contributed by atoms with Gasteiger partial charge >= 0.3 is 0 Å². The molecule has 4 heteroatoms. The largest absolute Gasteiger partial charge is 0.490 e. The molecule has 0 aliphatic carbocycles. The molecule has 1 rings (SSSR count). The molecule has 0 spiro atoms. The van der Waals surface area contributed by atoms with E-state index in [1.807, 2.05) is 20.8 Å². The van der Waals surface area contributed by atoms with Crippen LogP contribution in [0.5, 0.6) is 11.5 Å². The quantitative estimate of drug-likeness (QED) is 0.810. The maximum Gasteiger partial charge on any atom is 0.251 e. The topological polar surface area (TPSA) is 47.6 Å².